The lowest BCUT2D eigenvalue weighted by Gasteiger charge is -2.24. The smallest absolute Gasteiger partial charge is 0.326 e. The maximum Gasteiger partial charge on any atom is 0.326 e. The van der Waals surface area contributed by atoms with Crippen LogP contribution in [0.2, 0.25) is 0 Å². The molecule has 0 aliphatic carbocycles. The molecule has 2 rings (SSSR count). The molecule has 0 fully saturated rings. The highest BCUT2D eigenvalue weighted by atomic mass is 32.2. The third-order valence-electron chi connectivity index (χ3n) is 5.54. The largest absolute Gasteiger partial charge is 0.480 e. The molecule has 4 amide bonds. The van der Waals surface area contributed by atoms with Gasteiger partial charge >= 0.3 is 5.97 Å². The zero-order valence-electron chi connectivity index (χ0n) is 20.2. The SMILES string of the molecule is CSCCC(N)C(=O)NC(CS)C(=O)NC(CC(N)=O)C(=O)NC(Cc1c[nH]c2ccccc12)C(=O)O. The van der Waals surface area contributed by atoms with E-state index in [1.807, 2.05) is 24.5 Å². The highest BCUT2D eigenvalue weighted by Gasteiger charge is 2.31. The van der Waals surface area contributed by atoms with E-state index in [0.717, 1.165) is 10.9 Å². The summed E-state index contributed by atoms with van der Waals surface area (Å²) in [4.78, 5) is 64.6. The molecule has 1 aromatic heterocycles. The molecule has 12 nitrogen and oxygen atoms in total. The molecule has 0 radical (unpaired) electrons. The van der Waals surface area contributed by atoms with Gasteiger partial charge in [-0.05, 0) is 30.1 Å². The van der Waals surface area contributed by atoms with E-state index in [0.29, 0.717) is 17.7 Å². The van der Waals surface area contributed by atoms with Crippen molar-refractivity contribution < 1.29 is 29.1 Å². The van der Waals surface area contributed by atoms with Gasteiger partial charge in [0.05, 0.1) is 12.5 Å². The number of primary amides is 1. The number of carboxylic acid groups (broad SMARTS) is 1. The number of carboxylic acids is 1. The molecule has 2 aromatic rings. The molecule has 0 bridgehead atoms. The lowest BCUT2D eigenvalue weighted by Crippen LogP contribution is -2.58. The molecule has 202 valence electrons. The number of para-hydroxylation sites is 1. The van der Waals surface area contributed by atoms with Gasteiger partial charge in [0.1, 0.15) is 18.1 Å². The predicted octanol–water partition coefficient (Wildman–Crippen LogP) is -0.865. The third kappa shape index (κ3) is 8.98. The Morgan fingerprint density at radius 3 is 2.27 bits per heavy atom. The number of nitrogens with two attached hydrogens (primary N) is 2. The number of aromatic nitrogens is 1. The summed E-state index contributed by atoms with van der Waals surface area (Å²) in [5.74, 6) is -3.95. The number of amides is 4. The fraction of sp³-hybridized carbons (Fsp3) is 0.435. The van der Waals surface area contributed by atoms with Crippen LogP contribution in [0, 0.1) is 0 Å². The second kappa shape index (κ2) is 14.5. The van der Waals surface area contributed by atoms with Crippen molar-refractivity contribution in [2.75, 3.05) is 17.8 Å². The van der Waals surface area contributed by atoms with E-state index in [2.05, 4.69) is 33.6 Å². The van der Waals surface area contributed by atoms with Crippen LogP contribution in [-0.2, 0) is 30.4 Å². The number of aliphatic carboxylic acids is 1. The predicted molar refractivity (Wildman–Crippen MR) is 144 cm³/mol. The van der Waals surface area contributed by atoms with Crippen LogP contribution < -0.4 is 27.4 Å². The second-order valence-electron chi connectivity index (χ2n) is 8.33. The van der Waals surface area contributed by atoms with Gasteiger partial charge in [0.15, 0.2) is 0 Å². The van der Waals surface area contributed by atoms with Crippen molar-refractivity contribution in [3.05, 3.63) is 36.0 Å². The fourth-order valence-electron chi connectivity index (χ4n) is 3.52. The van der Waals surface area contributed by atoms with Crippen molar-refractivity contribution in [2.24, 2.45) is 11.5 Å². The van der Waals surface area contributed by atoms with Crippen molar-refractivity contribution in [1.82, 2.24) is 20.9 Å². The Kier molecular flexibility index (Phi) is 11.8. The Morgan fingerprint density at radius 1 is 1.03 bits per heavy atom. The number of H-pyrrole nitrogens is 1. The molecule has 0 aliphatic rings. The third-order valence-corrected chi connectivity index (χ3v) is 6.55. The molecule has 4 unspecified atom stereocenters. The molecular formula is C23H32N6O6S2. The summed E-state index contributed by atoms with van der Waals surface area (Å²) >= 11 is 5.60. The van der Waals surface area contributed by atoms with Crippen LogP contribution in [-0.4, -0.2) is 81.6 Å². The first-order valence-corrected chi connectivity index (χ1v) is 13.4. The van der Waals surface area contributed by atoms with Gasteiger partial charge in [-0.15, -0.1) is 0 Å². The van der Waals surface area contributed by atoms with Crippen LogP contribution in [0.5, 0.6) is 0 Å². The minimum Gasteiger partial charge on any atom is -0.480 e. The number of fused-ring (bicyclic) bond motifs is 1. The van der Waals surface area contributed by atoms with Crippen LogP contribution >= 0.6 is 24.4 Å². The molecule has 0 spiro atoms. The van der Waals surface area contributed by atoms with Gasteiger partial charge in [0.25, 0.3) is 0 Å². The summed E-state index contributed by atoms with van der Waals surface area (Å²) in [5, 5.41) is 17.7. The molecule has 1 heterocycles. The minimum absolute atomic E-state index is 0.0500. The van der Waals surface area contributed by atoms with E-state index in [4.69, 9.17) is 11.5 Å². The van der Waals surface area contributed by atoms with Crippen LogP contribution in [0.3, 0.4) is 0 Å². The van der Waals surface area contributed by atoms with Gasteiger partial charge < -0.3 is 37.5 Å². The van der Waals surface area contributed by atoms with Crippen molar-refractivity contribution in [3.8, 4) is 0 Å². The average molecular weight is 553 g/mol. The number of hydrogen-bond acceptors (Lipinski definition) is 8. The monoisotopic (exact) mass is 552 g/mol. The zero-order chi connectivity index (χ0) is 27.5. The fourth-order valence-corrected chi connectivity index (χ4v) is 4.27. The van der Waals surface area contributed by atoms with Gasteiger partial charge in [-0.2, -0.15) is 24.4 Å². The Labute approximate surface area is 223 Å². The summed E-state index contributed by atoms with van der Waals surface area (Å²) in [6, 6.07) is 2.46. The van der Waals surface area contributed by atoms with Gasteiger partial charge in [0, 0.05) is 29.3 Å². The number of benzene rings is 1. The van der Waals surface area contributed by atoms with Gasteiger partial charge in [-0.1, -0.05) is 18.2 Å². The van der Waals surface area contributed by atoms with Crippen LogP contribution in [0.15, 0.2) is 30.5 Å². The Hall–Kier alpha value is -3.23. The van der Waals surface area contributed by atoms with Gasteiger partial charge in [-0.25, -0.2) is 4.79 Å². The van der Waals surface area contributed by atoms with Crippen molar-refractivity contribution in [1.29, 1.82) is 0 Å². The number of aromatic amines is 1. The number of nitrogens with one attached hydrogen (secondary N) is 4. The highest BCUT2D eigenvalue weighted by molar-refractivity contribution is 7.98. The number of hydrogen-bond donors (Lipinski definition) is 8. The Bertz CT molecular complexity index is 1130. The molecular weight excluding hydrogens is 520 g/mol. The number of thioether (sulfide) groups is 1. The number of rotatable bonds is 15. The van der Waals surface area contributed by atoms with Crippen LogP contribution in [0.4, 0.5) is 0 Å². The van der Waals surface area contributed by atoms with Crippen molar-refractivity contribution in [3.63, 3.8) is 0 Å². The Balaban J connectivity index is 2.11. The van der Waals surface area contributed by atoms with Gasteiger partial charge in [0.2, 0.25) is 23.6 Å². The zero-order valence-corrected chi connectivity index (χ0v) is 21.9. The summed E-state index contributed by atoms with van der Waals surface area (Å²) in [6.45, 7) is 0. The molecule has 37 heavy (non-hydrogen) atoms. The van der Waals surface area contributed by atoms with Crippen LogP contribution in [0.25, 0.3) is 10.9 Å². The van der Waals surface area contributed by atoms with E-state index >= 15 is 0 Å². The summed E-state index contributed by atoms with van der Waals surface area (Å²) in [5.41, 5.74) is 12.5. The van der Waals surface area contributed by atoms with Crippen LogP contribution in [0.1, 0.15) is 18.4 Å². The van der Waals surface area contributed by atoms with Gasteiger partial charge in [-0.3, -0.25) is 19.2 Å². The maximum atomic E-state index is 12.9. The normalized spacial score (nSPS) is 14.2. The topological polar surface area (TPSA) is 209 Å². The number of carbonyl (C=O) groups excluding carboxylic acids is 4. The minimum atomic E-state index is -1.47. The van der Waals surface area contributed by atoms with E-state index in [1.54, 1.807) is 12.3 Å². The number of carbonyl (C=O) groups is 5. The Morgan fingerprint density at radius 2 is 1.65 bits per heavy atom. The number of thiol groups is 1. The summed E-state index contributed by atoms with van der Waals surface area (Å²) in [7, 11) is 0. The van der Waals surface area contributed by atoms with Crippen molar-refractivity contribution >= 4 is 64.9 Å². The van der Waals surface area contributed by atoms with Crippen molar-refractivity contribution in [2.45, 2.75) is 43.4 Å². The quantitative estimate of drug-likeness (QED) is 0.130. The molecule has 9 N–H and O–H groups in total. The van der Waals surface area contributed by atoms with E-state index in [9.17, 15) is 29.1 Å². The first kappa shape index (κ1) is 30.0. The van der Waals surface area contributed by atoms with E-state index in [1.165, 1.54) is 11.8 Å². The molecule has 0 saturated carbocycles. The highest BCUT2D eigenvalue weighted by Crippen LogP contribution is 2.19. The molecule has 1 aromatic carbocycles. The molecule has 14 heteroatoms. The molecule has 0 aliphatic heterocycles. The molecule has 0 saturated heterocycles. The summed E-state index contributed by atoms with van der Waals surface area (Å²) in [6.07, 6.45) is 3.28. The average Bonchev–Trinajstić information content (AvgIpc) is 3.27. The summed E-state index contributed by atoms with van der Waals surface area (Å²) < 4.78 is 0. The standard InChI is InChI=1S/C23H32N6O6S2/c1-37-7-6-14(24)20(31)29-18(11-36)22(33)27-16(9-19(25)30)21(32)28-17(23(34)35)8-12-10-26-15-5-3-2-4-13(12)15/h2-5,10,14,16-18,26,36H,6-9,11,24H2,1H3,(H2,25,30)(H,27,33)(H,28,32)(H,29,31)(H,34,35). The second-order valence-corrected chi connectivity index (χ2v) is 9.68. The first-order valence-electron chi connectivity index (χ1n) is 11.4. The lowest BCUT2D eigenvalue weighted by molar-refractivity contribution is -0.142. The molecule has 4 atom stereocenters. The first-order chi connectivity index (χ1) is 17.6. The maximum absolute atomic E-state index is 12.9. The van der Waals surface area contributed by atoms with E-state index < -0.39 is 60.2 Å². The van der Waals surface area contributed by atoms with E-state index in [-0.39, 0.29) is 12.2 Å². The lowest BCUT2D eigenvalue weighted by atomic mass is 10.0.